The Morgan fingerprint density at radius 2 is 1.89 bits per heavy atom. The number of ketones is 1. The first-order valence-electron chi connectivity index (χ1n) is 7.16. The average Bonchev–Trinajstić information content (AvgIpc) is 3.20. The molecule has 2 N–H and O–H groups in total. The van der Waals surface area contributed by atoms with Gasteiger partial charge in [-0.1, -0.05) is 0 Å². The van der Waals surface area contributed by atoms with Crippen LogP contribution in [0.15, 0.2) is 0 Å². The summed E-state index contributed by atoms with van der Waals surface area (Å²) in [5.74, 6) is 0.585. The van der Waals surface area contributed by atoms with E-state index in [9.17, 15) is 4.79 Å². The van der Waals surface area contributed by atoms with Crippen molar-refractivity contribution in [1.29, 1.82) is 0 Å². The smallest absolute Gasteiger partial charge is 0.143 e. The van der Waals surface area contributed by atoms with Gasteiger partial charge in [-0.3, -0.25) is 4.79 Å². The minimum atomic E-state index is -0.158. The average molecular weight is 253 g/mol. The number of ether oxygens (including phenoxy) is 2. The van der Waals surface area contributed by atoms with Gasteiger partial charge < -0.3 is 15.2 Å². The zero-order valence-corrected chi connectivity index (χ0v) is 11.0. The normalized spacial score (nSPS) is 33.3. The Labute approximate surface area is 108 Å². The topological polar surface area (TPSA) is 61.6 Å². The van der Waals surface area contributed by atoms with Crippen LogP contribution < -0.4 is 5.73 Å². The van der Waals surface area contributed by atoms with Crippen molar-refractivity contribution < 1.29 is 14.3 Å². The summed E-state index contributed by atoms with van der Waals surface area (Å²) in [6, 6.07) is 0. The molecule has 1 aliphatic carbocycles. The Hall–Kier alpha value is -0.450. The first kappa shape index (κ1) is 12.6. The molecule has 3 rings (SSSR count). The molecule has 3 aliphatic rings. The molecule has 0 bridgehead atoms. The molecule has 1 saturated carbocycles. The number of carbonyl (C=O) groups excluding carboxylic acids is 1. The monoisotopic (exact) mass is 253 g/mol. The molecule has 2 saturated heterocycles. The highest BCUT2D eigenvalue weighted by Crippen LogP contribution is 2.50. The van der Waals surface area contributed by atoms with E-state index in [2.05, 4.69) is 0 Å². The molecular weight excluding hydrogens is 230 g/mol. The molecule has 4 nitrogen and oxygen atoms in total. The molecule has 18 heavy (non-hydrogen) atoms. The third kappa shape index (κ3) is 2.10. The van der Waals surface area contributed by atoms with E-state index in [4.69, 9.17) is 15.2 Å². The fourth-order valence-electron chi connectivity index (χ4n) is 3.48. The second-order valence-electron chi connectivity index (χ2n) is 6.18. The van der Waals surface area contributed by atoms with Gasteiger partial charge in [0.05, 0.1) is 5.60 Å². The van der Waals surface area contributed by atoms with E-state index in [1.807, 2.05) is 0 Å². The van der Waals surface area contributed by atoms with Crippen LogP contribution in [0.4, 0.5) is 0 Å². The van der Waals surface area contributed by atoms with Crippen molar-refractivity contribution in [2.75, 3.05) is 26.4 Å². The van der Waals surface area contributed by atoms with E-state index >= 15 is 0 Å². The van der Waals surface area contributed by atoms with Gasteiger partial charge in [0.1, 0.15) is 5.78 Å². The maximum Gasteiger partial charge on any atom is 0.143 e. The number of rotatable bonds is 3. The highest BCUT2D eigenvalue weighted by Gasteiger charge is 2.52. The predicted molar refractivity (Wildman–Crippen MR) is 67.2 cm³/mol. The summed E-state index contributed by atoms with van der Waals surface area (Å²) >= 11 is 0. The summed E-state index contributed by atoms with van der Waals surface area (Å²) in [4.78, 5) is 12.6. The molecule has 4 heteroatoms. The van der Waals surface area contributed by atoms with Gasteiger partial charge in [0.15, 0.2) is 0 Å². The molecular formula is C14H23NO3. The van der Waals surface area contributed by atoms with Gasteiger partial charge in [0.2, 0.25) is 0 Å². The molecule has 2 aliphatic heterocycles. The first-order chi connectivity index (χ1) is 8.70. The molecule has 0 aromatic carbocycles. The largest absolute Gasteiger partial charge is 0.381 e. The Morgan fingerprint density at radius 3 is 2.50 bits per heavy atom. The summed E-state index contributed by atoms with van der Waals surface area (Å²) < 4.78 is 11.4. The van der Waals surface area contributed by atoms with E-state index in [0.29, 0.717) is 12.3 Å². The van der Waals surface area contributed by atoms with Crippen molar-refractivity contribution in [2.45, 2.75) is 44.1 Å². The number of carbonyl (C=O) groups is 1. The second-order valence-corrected chi connectivity index (χ2v) is 6.18. The lowest BCUT2D eigenvalue weighted by molar-refractivity contribution is -0.159. The molecule has 2 heterocycles. The third-order valence-electron chi connectivity index (χ3n) is 5.03. The maximum atomic E-state index is 12.6. The molecule has 0 aromatic heterocycles. The quantitative estimate of drug-likeness (QED) is 0.823. The zero-order valence-electron chi connectivity index (χ0n) is 11.0. The van der Waals surface area contributed by atoms with Crippen LogP contribution in [0.2, 0.25) is 0 Å². The van der Waals surface area contributed by atoms with Crippen molar-refractivity contribution in [2.24, 2.45) is 17.1 Å². The number of nitrogens with two attached hydrogens (primary N) is 1. The summed E-state index contributed by atoms with van der Waals surface area (Å²) in [6.07, 6.45) is 5.63. The third-order valence-corrected chi connectivity index (χ3v) is 5.03. The van der Waals surface area contributed by atoms with Crippen molar-refractivity contribution in [1.82, 2.24) is 0 Å². The van der Waals surface area contributed by atoms with Crippen LogP contribution in [0, 0.1) is 11.3 Å². The lowest BCUT2D eigenvalue weighted by Gasteiger charge is -2.43. The highest BCUT2D eigenvalue weighted by molar-refractivity contribution is 5.89. The van der Waals surface area contributed by atoms with Crippen LogP contribution in [-0.4, -0.2) is 37.7 Å². The summed E-state index contributed by atoms with van der Waals surface area (Å²) in [7, 11) is 0. The standard InChI is InChI=1S/C14H23NO3/c15-10-13(2-3-13)12(16)11-1-6-18-14(9-11)4-7-17-8-5-14/h11H,1-10,15H2. The number of Topliss-reactive ketones (excluding diaryl/α,β-unsaturated/α-hetero) is 1. The van der Waals surface area contributed by atoms with Gasteiger partial charge in [-0.05, 0) is 38.5 Å². The van der Waals surface area contributed by atoms with Gasteiger partial charge in [-0.2, -0.15) is 0 Å². The minimum Gasteiger partial charge on any atom is -0.381 e. The molecule has 3 fully saturated rings. The van der Waals surface area contributed by atoms with Crippen LogP contribution in [-0.2, 0) is 14.3 Å². The van der Waals surface area contributed by atoms with Gasteiger partial charge >= 0.3 is 0 Å². The van der Waals surface area contributed by atoms with E-state index in [-0.39, 0.29) is 16.9 Å². The fraction of sp³-hybridized carbons (Fsp3) is 0.929. The Kier molecular flexibility index (Phi) is 3.20. The SMILES string of the molecule is NCC1(C(=O)C2CCOC3(CCOCC3)C2)CC1. The lowest BCUT2D eigenvalue weighted by atomic mass is 9.76. The van der Waals surface area contributed by atoms with Crippen molar-refractivity contribution in [3.63, 3.8) is 0 Å². The zero-order chi connectivity index (χ0) is 12.6. The summed E-state index contributed by atoms with van der Waals surface area (Å²) in [6.45, 7) is 2.78. The minimum absolute atomic E-state index is 0.0818. The van der Waals surface area contributed by atoms with E-state index in [0.717, 1.165) is 58.3 Å². The lowest BCUT2D eigenvalue weighted by Crippen LogP contribution is -2.47. The molecule has 0 amide bonds. The summed E-state index contributed by atoms with van der Waals surface area (Å²) in [5.41, 5.74) is 5.53. The van der Waals surface area contributed by atoms with E-state index in [1.165, 1.54) is 0 Å². The van der Waals surface area contributed by atoms with Gasteiger partial charge in [0.25, 0.3) is 0 Å². The Balaban J connectivity index is 1.68. The molecule has 0 aromatic rings. The van der Waals surface area contributed by atoms with Gasteiger partial charge in [-0.25, -0.2) is 0 Å². The molecule has 1 unspecified atom stereocenters. The summed E-state index contributed by atoms with van der Waals surface area (Å²) in [5, 5.41) is 0. The van der Waals surface area contributed by atoms with E-state index in [1.54, 1.807) is 0 Å². The van der Waals surface area contributed by atoms with Crippen LogP contribution in [0.3, 0.4) is 0 Å². The van der Waals surface area contributed by atoms with Crippen LogP contribution in [0.25, 0.3) is 0 Å². The number of hydrogen-bond acceptors (Lipinski definition) is 4. The van der Waals surface area contributed by atoms with E-state index < -0.39 is 0 Å². The first-order valence-corrected chi connectivity index (χ1v) is 7.16. The molecule has 0 radical (unpaired) electrons. The second kappa shape index (κ2) is 4.58. The van der Waals surface area contributed by atoms with Crippen molar-refractivity contribution >= 4 is 5.78 Å². The number of hydrogen-bond donors (Lipinski definition) is 1. The predicted octanol–water partition coefficient (Wildman–Crippen LogP) is 1.27. The van der Waals surface area contributed by atoms with Gasteiger partial charge in [-0.15, -0.1) is 0 Å². The van der Waals surface area contributed by atoms with Crippen LogP contribution in [0.1, 0.15) is 38.5 Å². The van der Waals surface area contributed by atoms with Crippen LogP contribution in [0.5, 0.6) is 0 Å². The molecule has 1 spiro atoms. The Bertz CT molecular complexity index is 326. The Morgan fingerprint density at radius 1 is 1.17 bits per heavy atom. The fourth-order valence-corrected chi connectivity index (χ4v) is 3.48. The maximum absolute atomic E-state index is 12.6. The van der Waals surface area contributed by atoms with Crippen molar-refractivity contribution in [3.8, 4) is 0 Å². The molecule has 1 atom stereocenters. The van der Waals surface area contributed by atoms with Crippen LogP contribution >= 0.6 is 0 Å². The van der Waals surface area contributed by atoms with Crippen molar-refractivity contribution in [3.05, 3.63) is 0 Å². The molecule has 102 valence electrons. The van der Waals surface area contributed by atoms with Gasteiger partial charge in [0, 0.05) is 37.7 Å². The highest BCUT2D eigenvalue weighted by atomic mass is 16.5.